The molecule has 4 nitrogen and oxygen atoms in total. The van der Waals surface area contributed by atoms with Gasteiger partial charge < -0.3 is 0 Å². The Kier molecular flexibility index (Phi) is 9.80. The Hall–Kier alpha value is -1.19. The van der Waals surface area contributed by atoms with Gasteiger partial charge in [-0.25, -0.2) is 0 Å². The number of hydrogen-bond acceptors (Lipinski definition) is 4. The lowest BCUT2D eigenvalue weighted by atomic mass is 9.97. The maximum absolute atomic E-state index is 4.20. The van der Waals surface area contributed by atoms with Gasteiger partial charge in [-0.1, -0.05) is 76.9 Å². The molecule has 114 valence electrons. The van der Waals surface area contributed by atoms with Crippen LogP contribution in [0.4, 0.5) is 0 Å². The summed E-state index contributed by atoms with van der Waals surface area (Å²) in [4.78, 5) is 0. The number of rotatable bonds is 11. The molecule has 0 bridgehead atoms. The van der Waals surface area contributed by atoms with Crippen LogP contribution < -0.4 is 5.53 Å². The van der Waals surface area contributed by atoms with Gasteiger partial charge in [0.15, 0.2) is 0 Å². The SMILES string of the molecule is CCCCCCCCCCCC(C)C1=NNN=NC=C1. The van der Waals surface area contributed by atoms with Crippen molar-refractivity contribution in [1.82, 2.24) is 5.53 Å². The van der Waals surface area contributed by atoms with Gasteiger partial charge in [0.1, 0.15) is 0 Å². The van der Waals surface area contributed by atoms with Crippen molar-refractivity contribution < 1.29 is 0 Å². The molecule has 0 radical (unpaired) electrons. The maximum atomic E-state index is 4.20. The molecule has 0 aromatic carbocycles. The number of hydrogen-bond donors (Lipinski definition) is 1. The van der Waals surface area contributed by atoms with E-state index in [-0.39, 0.29) is 0 Å². The van der Waals surface area contributed by atoms with Gasteiger partial charge in [0, 0.05) is 5.92 Å². The molecule has 0 aliphatic carbocycles. The molecule has 1 atom stereocenters. The van der Waals surface area contributed by atoms with Gasteiger partial charge in [-0.05, 0) is 12.5 Å². The topological polar surface area (TPSA) is 49.1 Å². The zero-order chi connectivity index (χ0) is 14.5. The van der Waals surface area contributed by atoms with Crippen molar-refractivity contribution in [2.24, 2.45) is 21.4 Å². The van der Waals surface area contributed by atoms with E-state index < -0.39 is 0 Å². The fraction of sp³-hybridized carbons (Fsp3) is 0.812. The molecule has 0 saturated carbocycles. The van der Waals surface area contributed by atoms with Crippen LogP contribution >= 0.6 is 0 Å². The van der Waals surface area contributed by atoms with Crippen LogP contribution in [-0.4, -0.2) is 5.71 Å². The quantitative estimate of drug-likeness (QED) is 0.506. The summed E-state index contributed by atoms with van der Waals surface area (Å²) in [5, 5.41) is 11.6. The largest absolute Gasteiger partial charge is 0.179 e. The summed E-state index contributed by atoms with van der Waals surface area (Å²) in [7, 11) is 0. The molecule has 0 spiro atoms. The van der Waals surface area contributed by atoms with E-state index in [9.17, 15) is 0 Å². The first kappa shape index (κ1) is 16.9. The van der Waals surface area contributed by atoms with Crippen molar-refractivity contribution in [3.8, 4) is 0 Å². The van der Waals surface area contributed by atoms with Crippen LogP contribution in [0.5, 0.6) is 0 Å². The summed E-state index contributed by atoms with van der Waals surface area (Å²) in [5.74, 6) is 0.479. The molecule has 1 unspecified atom stereocenters. The molecule has 20 heavy (non-hydrogen) atoms. The molecule has 0 aromatic heterocycles. The lowest BCUT2D eigenvalue weighted by molar-refractivity contribution is 0.537. The van der Waals surface area contributed by atoms with E-state index in [2.05, 4.69) is 34.8 Å². The minimum Gasteiger partial charge on any atom is -0.179 e. The maximum Gasteiger partial charge on any atom is 0.0668 e. The van der Waals surface area contributed by atoms with Crippen LogP contribution in [0.3, 0.4) is 0 Å². The standard InChI is InChI=1S/C16H30N4/c1-3-4-5-6-7-8-9-10-11-12-15(2)16-13-14-17-19-20-18-16/h13-15H,3-12H2,1-2H3,(H,17,20). The third-order valence-corrected chi connectivity index (χ3v) is 3.84. The second-order valence-electron chi connectivity index (χ2n) is 5.69. The highest BCUT2D eigenvalue weighted by Crippen LogP contribution is 2.15. The summed E-state index contributed by atoms with van der Waals surface area (Å²) in [6.07, 6.45) is 17.3. The Bertz CT molecular complexity index is 320. The molecular formula is C16H30N4. The highest BCUT2D eigenvalue weighted by Gasteiger charge is 2.08. The van der Waals surface area contributed by atoms with Crippen LogP contribution in [0.2, 0.25) is 0 Å². The lowest BCUT2D eigenvalue weighted by Gasteiger charge is -2.10. The lowest BCUT2D eigenvalue weighted by Crippen LogP contribution is -2.11. The molecule has 0 saturated heterocycles. The number of allylic oxidation sites excluding steroid dienone is 1. The van der Waals surface area contributed by atoms with Crippen molar-refractivity contribution in [2.75, 3.05) is 0 Å². The average molecular weight is 278 g/mol. The van der Waals surface area contributed by atoms with Gasteiger partial charge >= 0.3 is 0 Å². The first-order valence-electron chi connectivity index (χ1n) is 8.23. The Labute approximate surface area is 123 Å². The van der Waals surface area contributed by atoms with E-state index in [0.29, 0.717) is 5.92 Å². The Morgan fingerprint density at radius 3 is 2.35 bits per heavy atom. The fourth-order valence-electron chi connectivity index (χ4n) is 2.47. The third kappa shape index (κ3) is 8.08. The Balaban J connectivity index is 1.97. The summed E-state index contributed by atoms with van der Waals surface area (Å²) < 4.78 is 0. The predicted molar refractivity (Wildman–Crippen MR) is 85.6 cm³/mol. The van der Waals surface area contributed by atoms with E-state index >= 15 is 0 Å². The minimum absolute atomic E-state index is 0.479. The van der Waals surface area contributed by atoms with E-state index in [4.69, 9.17) is 0 Å². The molecule has 1 aliphatic rings. The molecular weight excluding hydrogens is 248 g/mol. The molecule has 0 fully saturated rings. The fourth-order valence-corrected chi connectivity index (χ4v) is 2.47. The van der Waals surface area contributed by atoms with Crippen molar-refractivity contribution in [3.63, 3.8) is 0 Å². The minimum atomic E-state index is 0.479. The number of nitrogens with zero attached hydrogens (tertiary/aromatic N) is 3. The van der Waals surface area contributed by atoms with Gasteiger partial charge in [0.05, 0.1) is 11.9 Å². The van der Waals surface area contributed by atoms with E-state index in [1.165, 1.54) is 64.2 Å². The van der Waals surface area contributed by atoms with Gasteiger partial charge in [-0.3, -0.25) is 0 Å². The van der Waals surface area contributed by atoms with Crippen LogP contribution in [-0.2, 0) is 0 Å². The van der Waals surface area contributed by atoms with E-state index in [0.717, 1.165) is 5.71 Å². The highest BCUT2D eigenvalue weighted by molar-refractivity contribution is 5.96. The average Bonchev–Trinajstić information content (AvgIpc) is 2.74. The van der Waals surface area contributed by atoms with Crippen molar-refractivity contribution in [1.29, 1.82) is 0 Å². The van der Waals surface area contributed by atoms with Gasteiger partial charge in [-0.2, -0.15) is 10.6 Å². The zero-order valence-electron chi connectivity index (χ0n) is 13.1. The molecule has 4 heteroatoms. The van der Waals surface area contributed by atoms with Gasteiger partial charge in [0.25, 0.3) is 0 Å². The van der Waals surface area contributed by atoms with Gasteiger partial charge in [0.2, 0.25) is 0 Å². The molecule has 1 N–H and O–H groups in total. The van der Waals surface area contributed by atoms with E-state index in [1.54, 1.807) is 6.20 Å². The smallest absolute Gasteiger partial charge is 0.0668 e. The summed E-state index contributed by atoms with van der Waals surface area (Å²) >= 11 is 0. The first-order chi connectivity index (χ1) is 9.84. The third-order valence-electron chi connectivity index (χ3n) is 3.84. The van der Waals surface area contributed by atoms with Gasteiger partial charge in [-0.15, -0.1) is 5.11 Å². The summed E-state index contributed by atoms with van der Waals surface area (Å²) in [6.45, 7) is 4.49. The van der Waals surface area contributed by atoms with E-state index in [1.807, 2.05) is 6.08 Å². The molecule has 1 rings (SSSR count). The monoisotopic (exact) mass is 278 g/mol. The van der Waals surface area contributed by atoms with Crippen molar-refractivity contribution in [2.45, 2.75) is 78.1 Å². The first-order valence-corrected chi connectivity index (χ1v) is 8.23. The Morgan fingerprint density at radius 2 is 1.65 bits per heavy atom. The molecule has 0 aromatic rings. The molecule has 1 aliphatic heterocycles. The summed E-state index contributed by atoms with van der Waals surface area (Å²) in [6, 6.07) is 0. The predicted octanol–water partition coefficient (Wildman–Crippen LogP) is 5.38. The summed E-state index contributed by atoms with van der Waals surface area (Å²) in [5.41, 5.74) is 3.65. The van der Waals surface area contributed by atoms with Crippen LogP contribution in [0.25, 0.3) is 0 Å². The highest BCUT2D eigenvalue weighted by atomic mass is 15.6. The molecule has 1 heterocycles. The second kappa shape index (κ2) is 11.6. The molecule has 0 amide bonds. The zero-order valence-corrected chi connectivity index (χ0v) is 13.1. The van der Waals surface area contributed by atoms with Crippen molar-refractivity contribution >= 4 is 5.71 Å². The number of hydrazone groups is 1. The normalized spacial score (nSPS) is 15.6. The number of nitrogens with one attached hydrogen (secondary N) is 1. The van der Waals surface area contributed by atoms with Crippen molar-refractivity contribution in [3.05, 3.63) is 12.3 Å². The number of unbranched alkanes of at least 4 members (excludes halogenated alkanes) is 8. The van der Waals surface area contributed by atoms with Crippen LogP contribution in [0.1, 0.15) is 78.1 Å². The second-order valence-corrected chi connectivity index (χ2v) is 5.69. The Morgan fingerprint density at radius 1 is 1.00 bits per heavy atom. The van der Waals surface area contributed by atoms with Crippen LogP contribution in [0.15, 0.2) is 27.7 Å². The van der Waals surface area contributed by atoms with Crippen LogP contribution in [0, 0.1) is 5.92 Å².